The van der Waals surface area contributed by atoms with Crippen LogP contribution in [0.4, 0.5) is 4.39 Å². The smallest absolute Gasteiger partial charge is 0.198 e. The third-order valence-corrected chi connectivity index (χ3v) is 6.89. The molecule has 1 aromatic rings. The minimum absolute atomic E-state index is 0.0128. The molecule has 3 heteroatoms. The van der Waals surface area contributed by atoms with Crippen molar-refractivity contribution in [2.45, 2.75) is 56.2 Å². The Labute approximate surface area is 157 Å². The molecule has 0 aromatic heterocycles. The molecule has 1 unspecified atom stereocenters. The summed E-state index contributed by atoms with van der Waals surface area (Å²) in [4.78, 5) is 2.42. The van der Waals surface area contributed by atoms with E-state index in [1.807, 2.05) is 30.3 Å². The first kappa shape index (κ1) is 18.0. The topological polar surface area (TPSA) is 12.5 Å². The van der Waals surface area contributed by atoms with Crippen LogP contribution >= 0.6 is 0 Å². The summed E-state index contributed by atoms with van der Waals surface area (Å²) in [5.74, 6) is 6.94. The third-order valence-electron chi connectivity index (χ3n) is 6.89. The Balaban J connectivity index is 1.70. The predicted molar refractivity (Wildman–Crippen MR) is 102 cm³/mol. The maximum atomic E-state index is 16.5. The van der Waals surface area contributed by atoms with Gasteiger partial charge in [-0.25, -0.2) is 4.39 Å². The van der Waals surface area contributed by atoms with Crippen LogP contribution < -0.4 is 0 Å². The molecular weight excluding hydrogens is 325 g/mol. The van der Waals surface area contributed by atoms with Crippen molar-refractivity contribution in [3.63, 3.8) is 0 Å². The lowest BCUT2D eigenvalue weighted by Gasteiger charge is -2.50. The van der Waals surface area contributed by atoms with Crippen LogP contribution in [0.2, 0.25) is 0 Å². The summed E-state index contributed by atoms with van der Waals surface area (Å²) in [6, 6.07) is 9.60. The summed E-state index contributed by atoms with van der Waals surface area (Å²) in [7, 11) is 1.75. The largest absolute Gasteiger partial charge is 0.364 e. The number of piperidine rings is 3. The van der Waals surface area contributed by atoms with Crippen molar-refractivity contribution < 1.29 is 9.13 Å². The molecule has 2 atom stereocenters. The summed E-state index contributed by atoms with van der Waals surface area (Å²) >= 11 is 0. The van der Waals surface area contributed by atoms with Gasteiger partial charge in [0.05, 0.1) is 0 Å². The van der Waals surface area contributed by atoms with Gasteiger partial charge in [-0.1, -0.05) is 61.4 Å². The van der Waals surface area contributed by atoms with E-state index in [0.29, 0.717) is 11.5 Å². The number of alkyl halides is 1. The first-order valence-electron chi connectivity index (χ1n) is 10.2. The quantitative estimate of drug-likeness (QED) is 0.738. The highest BCUT2D eigenvalue weighted by molar-refractivity contribution is 5.36. The van der Waals surface area contributed by atoms with Gasteiger partial charge in [-0.05, 0) is 38.8 Å². The second-order valence-electron chi connectivity index (χ2n) is 8.31. The van der Waals surface area contributed by atoms with Gasteiger partial charge in [-0.2, -0.15) is 0 Å². The van der Waals surface area contributed by atoms with E-state index in [4.69, 9.17) is 4.74 Å². The number of methoxy groups -OCH3 is 1. The lowest BCUT2D eigenvalue weighted by Crippen LogP contribution is -2.59. The zero-order valence-electron chi connectivity index (χ0n) is 15.8. The second kappa shape index (κ2) is 7.33. The summed E-state index contributed by atoms with van der Waals surface area (Å²) < 4.78 is 22.4. The van der Waals surface area contributed by atoms with Crippen LogP contribution in [-0.4, -0.2) is 37.2 Å². The van der Waals surface area contributed by atoms with Crippen molar-refractivity contribution >= 4 is 0 Å². The van der Waals surface area contributed by atoms with E-state index in [1.54, 1.807) is 7.11 Å². The van der Waals surface area contributed by atoms with Crippen LogP contribution in [0.1, 0.15) is 50.5 Å². The predicted octanol–water partition coefficient (Wildman–Crippen LogP) is 4.55. The summed E-state index contributed by atoms with van der Waals surface area (Å²) in [6.07, 6.45) is 7.50. The first-order valence-corrected chi connectivity index (χ1v) is 10.2. The number of ether oxygens (including phenoxy) is 1. The van der Waals surface area contributed by atoms with Crippen molar-refractivity contribution in [2.24, 2.45) is 11.8 Å². The molecule has 0 amide bonds. The highest BCUT2D eigenvalue weighted by Crippen LogP contribution is 2.43. The second-order valence-corrected chi connectivity index (χ2v) is 8.31. The van der Waals surface area contributed by atoms with Crippen molar-refractivity contribution in [3.8, 4) is 11.8 Å². The summed E-state index contributed by atoms with van der Waals surface area (Å²) in [5.41, 5.74) is -1.36. The molecule has 3 heterocycles. The molecule has 3 saturated heterocycles. The molecule has 140 valence electrons. The fourth-order valence-electron chi connectivity index (χ4n) is 5.23. The van der Waals surface area contributed by atoms with Gasteiger partial charge in [0.25, 0.3) is 0 Å². The van der Waals surface area contributed by atoms with E-state index < -0.39 is 11.3 Å². The van der Waals surface area contributed by atoms with Crippen molar-refractivity contribution in [1.29, 1.82) is 0 Å². The van der Waals surface area contributed by atoms with Crippen LogP contribution in [0.25, 0.3) is 0 Å². The molecule has 2 nitrogen and oxygen atoms in total. The van der Waals surface area contributed by atoms with Crippen LogP contribution in [0, 0.1) is 23.7 Å². The minimum atomic E-state index is -1.57. The molecule has 4 fully saturated rings. The van der Waals surface area contributed by atoms with Crippen LogP contribution in [0.3, 0.4) is 0 Å². The number of benzene rings is 1. The highest BCUT2D eigenvalue weighted by atomic mass is 19.1. The van der Waals surface area contributed by atoms with Gasteiger partial charge < -0.3 is 4.74 Å². The van der Waals surface area contributed by atoms with Crippen molar-refractivity contribution in [2.75, 3.05) is 26.7 Å². The molecule has 4 aliphatic rings. The van der Waals surface area contributed by atoms with Gasteiger partial charge in [0, 0.05) is 31.1 Å². The average Bonchev–Trinajstić information content (AvgIpc) is 2.74. The van der Waals surface area contributed by atoms with E-state index in [-0.39, 0.29) is 5.92 Å². The Morgan fingerprint density at radius 2 is 1.77 bits per heavy atom. The van der Waals surface area contributed by atoms with Gasteiger partial charge >= 0.3 is 0 Å². The average molecular weight is 355 g/mol. The van der Waals surface area contributed by atoms with E-state index in [1.165, 1.54) is 6.42 Å². The van der Waals surface area contributed by atoms with Gasteiger partial charge in [0.2, 0.25) is 0 Å². The van der Waals surface area contributed by atoms with E-state index in [2.05, 4.69) is 16.7 Å². The minimum Gasteiger partial charge on any atom is -0.364 e. The Kier molecular flexibility index (Phi) is 5.08. The van der Waals surface area contributed by atoms with Gasteiger partial charge in [-0.15, -0.1) is 0 Å². The molecule has 0 spiro atoms. The monoisotopic (exact) mass is 355 g/mol. The molecule has 3 aliphatic heterocycles. The molecule has 26 heavy (non-hydrogen) atoms. The first-order chi connectivity index (χ1) is 12.7. The number of rotatable bonds is 3. The van der Waals surface area contributed by atoms with Crippen LogP contribution in [0.15, 0.2) is 30.3 Å². The molecule has 5 rings (SSSR count). The van der Waals surface area contributed by atoms with E-state index >= 15 is 4.39 Å². The Morgan fingerprint density at radius 1 is 1.08 bits per heavy atom. The zero-order chi connectivity index (χ0) is 18.0. The summed E-state index contributed by atoms with van der Waals surface area (Å²) in [6.45, 7) is 3.07. The highest BCUT2D eigenvalue weighted by Gasteiger charge is 2.47. The molecule has 0 N–H and O–H groups in total. The Hall–Kier alpha value is -1.37. The third kappa shape index (κ3) is 3.19. The number of nitrogens with zero attached hydrogens (tertiary/aromatic N) is 1. The lowest BCUT2D eigenvalue weighted by molar-refractivity contribution is -0.0965. The number of hydrogen-bond donors (Lipinski definition) is 0. The molecule has 2 bridgehead atoms. The van der Waals surface area contributed by atoms with Gasteiger partial charge in [0.15, 0.2) is 5.67 Å². The molecule has 0 radical (unpaired) electrons. The number of halogens is 1. The molecular formula is C23H30FNO. The van der Waals surface area contributed by atoms with Crippen LogP contribution in [0.5, 0.6) is 0 Å². The fraction of sp³-hybridized carbons (Fsp3) is 0.652. The number of hydrogen-bond acceptors (Lipinski definition) is 2. The van der Waals surface area contributed by atoms with Crippen LogP contribution in [-0.2, 0) is 10.4 Å². The van der Waals surface area contributed by atoms with Gasteiger partial charge in [-0.3, -0.25) is 4.90 Å². The molecule has 1 aromatic carbocycles. The Morgan fingerprint density at radius 3 is 2.35 bits per heavy atom. The van der Waals surface area contributed by atoms with Crippen molar-refractivity contribution in [1.82, 2.24) is 4.90 Å². The van der Waals surface area contributed by atoms with Gasteiger partial charge in [0.1, 0.15) is 5.60 Å². The maximum Gasteiger partial charge on any atom is 0.198 e. The summed E-state index contributed by atoms with van der Waals surface area (Å²) in [5, 5.41) is 0. The molecule has 1 saturated carbocycles. The number of fused-ring (bicyclic) bond motifs is 3. The zero-order valence-corrected chi connectivity index (χ0v) is 15.8. The normalized spacial score (nSPS) is 33.9. The standard InChI is InChI=1S/C23H30FNO/c1-26-22(18-25-16-12-19(22)13-17-25)14-15-23(24,20-8-4-2-5-9-20)21-10-6-3-7-11-21/h2,4-5,8-9,19,21H,3,6-7,10-13,16-18H2,1H3/t22?,23-/m0/s1. The maximum absolute atomic E-state index is 16.5. The lowest BCUT2D eigenvalue weighted by atomic mass is 9.72. The SMILES string of the molecule is COC1(C#C[C@](F)(c2ccccc2)C2CCCCC2)CN2CCC1CC2. The molecule has 1 aliphatic carbocycles. The fourth-order valence-corrected chi connectivity index (χ4v) is 5.23. The van der Waals surface area contributed by atoms with E-state index in [9.17, 15) is 0 Å². The Bertz CT molecular complexity index is 666. The van der Waals surface area contributed by atoms with Crippen molar-refractivity contribution in [3.05, 3.63) is 35.9 Å². The van der Waals surface area contributed by atoms with E-state index in [0.717, 1.165) is 58.2 Å².